The summed E-state index contributed by atoms with van der Waals surface area (Å²) in [4.78, 5) is 46.6. The smallest absolute Gasteiger partial charge is 0.359 e. The lowest BCUT2D eigenvalue weighted by molar-refractivity contribution is -0.236. The lowest BCUT2D eigenvalue weighted by Crippen LogP contribution is -2.62. The highest BCUT2D eigenvalue weighted by Crippen LogP contribution is 2.34. The highest BCUT2D eigenvalue weighted by atomic mass is 35.6. The largest absolute Gasteiger partial charge is 0.467 e. The summed E-state index contributed by atoms with van der Waals surface area (Å²) < 4.78 is 22.3. The molecular weight excluding hydrogens is 442 g/mol. The van der Waals surface area contributed by atoms with Crippen molar-refractivity contribution in [2.24, 2.45) is 0 Å². The number of halogens is 4. The standard InChI is InChI=1S/C13H14Cl4O9/c1-4(18)23-6-7(24-5(2)19)9(11(20)22-3)25-10(14)8(6)26-12(21)13(15,16)17/h6-10H,1-3H3/t6-,7-,8+,9-,10+/m0/s1. The van der Waals surface area contributed by atoms with E-state index in [-0.39, 0.29) is 0 Å². The number of methoxy groups -OCH3 is 1. The Labute approximate surface area is 168 Å². The van der Waals surface area contributed by atoms with Crippen molar-refractivity contribution in [1.29, 1.82) is 0 Å². The summed E-state index contributed by atoms with van der Waals surface area (Å²) in [5.41, 5.74) is -1.52. The minimum absolute atomic E-state index is 0.843. The molecule has 0 bridgehead atoms. The lowest BCUT2D eigenvalue weighted by atomic mass is 9.99. The predicted molar refractivity (Wildman–Crippen MR) is 87.8 cm³/mol. The van der Waals surface area contributed by atoms with E-state index in [2.05, 4.69) is 4.74 Å². The summed E-state index contributed by atoms with van der Waals surface area (Å²) in [6.07, 6.45) is -6.19. The number of alkyl halides is 4. The number of esters is 4. The zero-order valence-electron chi connectivity index (χ0n) is 13.6. The fourth-order valence-electron chi connectivity index (χ4n) is 2.07. The van der Waals surface area contributed by atoms with Gasteiger partial charge in [0.05, 0.1) is 7.11 Å². The summed E-state index contributed by atoms with van der Waals surface area (Å²) in [6.45, 7) is 2.07. The third-order valence-electron chi connectivity index (χ3n) is 2.99. The molecule has 1 fully saturated rings. The molecule has 0 aromatic rings. The molecule has 0 saturated carbocycles. The van der Waals surface area contributed by atoms with Gasteiger partial charge in [-0.05, 0) is 0 Å². The summed E-state index contributed by atoms with van der Waals surface area (Å²) in [6, 6.07) is 0. The molecule has 13 heteroatoms. The van der Waals surface area contributed by atoms with E-state index in [0.717, 1.165) is 21.0 Å². The van der Waals surface area contributed by atoms with Gasteiger partial charge in [0.1, 0.15) is 0 Å². The Morgan fingerprint density at radius 3 is 1.81 bits per heavy atom. The maximum atomic E-state index is 11.9. The van der Waals surface area contributed by atoms with Crippen LogP contribution < -0.4 is 0 Å². The van der Waals surface area contributed by atoms with Gasteiger partial charge in [0.15, 0.2) is 30.0 Å². The summed E-state index contributed by atoms with van der Waals surface area (Å²) >= 11 is 22.3. The van der Waals surface area contributed by atoms with Crippen LogP contribution in [-0.2, 0) is 42.9 Å². The van der Waals surface area contributed by atoms with Crippen molar-refractivity contribution in [3.63, 3.8) is 0 Å². The number of carbonyl (C=O) groups excluding carboxylic acids is 4. The Bertz CT molecular complexity index is 576. The van der Waals surface area contributed by atoms with Gasteiger partial charge < -0.3 is 23.7 Å². The Morgan fingerprint density at radius 1 is 0.885 bits per heavy atom. The molecule has 26 heavy (non-hydrogen) atoms. The summed E-state index contributed by atoms with van der Waals surface area (Å²) in [5, 5.41) is 0. The highest BCUT2D eigenvalue weighted by Gasteiger charge is 2.55. The van der Waals surface area contributed by atoms with Crippen molar-refractivity contribution in [2.75, 3.05) is 7.11 Å². The van der Waals surface area contributed by atoms with Crippen LogP contribution in [0.3, 0.4) is 0 Å². The van der Waals surface area contributed by atoms with E-state index in [1.807, 2.05) is 0 Å². The van der Waals surface area contributed by atoms with Gasteiger partial charge in [-0.3, -0.25) is 9.59 Å². The van der Waals surface area contributed by atoms with Crippen molar-refractivity contribution in [3.8, 4) is 0 Å². The molecule has 1 saturated heterocycles. The second kappa shape index (κ2) is 9.27. The Kier molecular flexibility index (Phi) is 8.22. The Morgan fingerprint density at radius 2 is 1.38 bits per heavy atom. The average Bonchev–Trinajstić information content (AvgIpc) is 2.50. The molecule has 1 heterocycles. The first-order valence-corrected chi connectivity index (χ1v) is 8.45. The molecular formula is C13H14Cl4O9. The quantitative estimate of drug-likeness (QED) is 0.351. The van der Waals surface area contributed by atoms with Crippen LogP contribution in [0.2, 0.25) is 0 Å². The van der Waals surface area contributed by atoms with Crippen molar-refractivity contribution >= 4 is 70.3 Å². The number of carbonyl (C=O) groups is 4. The molecule has 1 aliphatic rings. The monoisotopic (exact) mass is 454 g/mol. The molecule has 0 aromatic carbocycles. The van der Waals surface area contributed by atoms with E-state index in [1.165, 1.54) is 0 Å². The van der Waals surface area contributed by atoms with Gasteiger partial charge in [0, 0.05) is 13.8 Å². The molecule has 0 N–H and O–H groups in total. The maximum absolute atomic E-state index is 11.9. The Hall–Kier alpha value is -1.00. The topological polar surface area (TPSA) is 114 Å². The number of rotatable bonds is 4. The summed E-state index contributed by atoms with van der Waals surface area (Å²) in [5.74, 6) is -4.01. The van der Waals surface area contributed by atoms with Crippen LogP contribution in [0.25, 0.3) is 0 Å². The van der Waals surface area contributed by atoms with Crippen LogP contribution in [0.1, 0.15) is 13.8 Å². The summed E-state index contributed by atoms with van der Waals surface area (Å²) in [7, 11) is 1.05. The van der Waals surface area contributed by atoms with Gasteiger partial charge >= 0.3 is 23.9 Å². The fraction of sp³-hybridized carbons (Fsp3) is 0.692. The SMILES string of the molecule is COC(=O)[C@H]1O[C@@H](Cl)[C@H](OC(=O)C(Cl)(Cl)Cl)[C@@H](OC(C)=O)[C@@H]1OC(C)=O. The number of ether oxygens (including phenoxy) is 5. The third-order valence-corrected chi connectivity index (χ3v) is 3.81. The maximum Gasteiger partial charge on any atom is 0.359 e. The van der Waals surface area contributed by atoms with Crippen LogP contribution >= 0.6 is 46.4 Å². The minimum Gasteiger partial charge on any atom is -0.467 e. The molecule has 0 aliphatic carbocycles. The predicted octanol–water partition coefficient (Wildman–Crippen LogP) is 1.27. The van der Waals surface area contributed by atoms with E-state index in [4.69, 9.17) is 65.4 Å². The van der Waals surface area contributed by atoms with Gasteiger partial charge in [-0.15, -0.1) is 0 Å². The molecule has 1 aliphatic heterocycles. The van der Waals surface area contributed by atoms with Gasteiger partial charge in [-0.2, -0.15) is 0 Å². The van der Waals surface area contributed by atoms with Crippen LogP contribution in [0.4, 0.5) is 0 Å². The molecule has 0 spiro atoms. The first-order chi connectivity index (χ1) is 11.9. The molecule has 148 valence electrons. The van der Waals surface area contributed by atoms with Gasteiger partial charge in [-0.25, -0.2) is 9.59 Å². The van der Waals surface area contributed by atoms with Gasteiger partial charge in [0.25, 0.3) is 3.79 Å². The number of hydrogen-bond acceptors (Lipinski definition) is 9. The molecule has 9 nitrogen and oxygen atoms in total. The van der Waals surface area contributed by atoms with Crippen LogP contribution in [0.5, 0.6) is 0 Å². The molecule has 0 amide bonds. The average molecular weight is 456 g/mol. The second-order valence-electron chi connectivity index (χ2n) is 4.95. The first kappa shape index (κ1) is 23.0. The highest BCUT2D eigenvalue weighted by molar-refractivity contribution is 6.75. The zero-order chi connectivity index (χ0) is 20.2. The molecule has 0 unspecified atom stereocenters. The van der Waals surface area contributed by atoms with E-state index >= 15 is 0 Å². The van der Waals surface area contributed by atoms with Gasteiger partial charge in [0.2, 0.25) is 0 Å². The minimum atomic E-state index is -2.46. The van der Waals surface area contributed by atoms with Crippen molar-refractivity contribution < 1.29 is 42.9 Å². The van der Waals surface area contributed by atoms with Crippen LogP contribution in [0, 0.1) is 0 Å². The van der Waals surface area contributed by atoms with E-state index < -0.39 is 57.6 Å². The molecule has 1 rings (SSSR count). The van der Waals surface area contributed by atoms with E-state index in [9.17, 15) is 19.2 Å². The second-order valence-corrected chi connectivity index (χ2v) is 7.66. The van der Waals surface area contributed by atoms with Crippen molar-refractivity contribution in [1.82, 2.24) is 0 Å². The lowest BCUT2D eigenvalue weighted by Gasteiger charge is -2.41. The fourth-order valence-corrected chi connectivity index (χ4v) is 2.51. The third kappa shape index (κ3) is 6.02. The normalized spacial score (nSPS) is 28.7. The molecule has 0 radical (unpaired) electrons. The first-order valence-electron chi connectivity index (χ1n) is 6.88. The van der Waals surface area contributed by atoms with Crippen molar-refractivity contribution in [3.05, 3.63) is 0 Å². The molecule has 5 atom stereocenters. The van der Waals surface area contributed by atoms with Crippen LogP contribution in [0.15, 0.2) is 0 Å². The Balaban J connectivity index is 3.26. The zero-order valence-corrected chi connectivity index (χ0v) is 16.6. The van der Waals surface area contributed by atoms with Crippen molar-refractivity contribution in [2.45, 2.75) is 47.6 Å². The van der Waals surface area contributed by atoms with Crippen LogP contribution in [-0.4, -0.2) is 64.8 Å². The van der Waals surface area contributed by atoms with E-state index in [0.29, 0.717) is 0 Å². The number of hydrogen-bond donors (Lipinski definition) is 0. The molecule has 0 aromatic heterocycles. The van der Waals surface area contributed by atoms with E-state index in [1.54, 1.807) is 0 Å². The van der Waals surface area contributed by atoms with Gasteiger partial charge in [-0.1, -0.05) is 46.4 Å².